The maximum Gasteiger partial charge on any atom is 0.306 e. The fraction of sp³-hybridized carbons (Fsp3) is 0.487. The third kappa shape index (κ3) is 7.54. The number of hydrogen-bond acceptors (Lipinski definition) is 7. The van der Waals surface area contributed by atoms with E-state index in [4.69, 9.17) is 21.1 Å². The normalized spacial score (nSPS) is 26.1. The first-order valence-electron chi connectivity index (χ1n) is 17.4. The summed E-state index contributed by atoms with van der Waals surface area (Å²) in [7, 11) is 0. The quantitative estimate of drug-likeness (QED) is 0.127. The number of rotatable bonds is 16. The highest BCUT2D eigenvalue weighted by molar-refractivity contribution is 9.09. The van der Waals surface area contributed by atoms with Crippen LogP contribution >= 0.6 is 27.5 Å². The molecule has 5 rings (SSSR count). The van der Waals surface area contributed by atoms with E-state index in [0.717, 1.165) is 11.1 Å². The molecule has 274 valence electrons. The van der Waals surface area contributed by atoms with Crippen LogP contribution in [0.5, 0.6) is 0 Å². The molecule has 1 unspecified atom stereocenters. The lowest BCUT2D eigenvalue weighted by atomic mass is 9.70. The van der Waals surface area contributed by atoms with E-state index in [1.807, 2.05) is 57.2 Å². The van der Waals surface area contributed by atoms with Crippen molar-refractivity contribution in [2.75, 3.05) is 24.7 Å². The fourth-order valence-corrected chi connectivity index (χ4v) is 9.30. The first kappa shape index (κ1) is 38.7. The van der Waals surface area contributed by atoms with Gasteiger partial charge in [-0.05, 0) is 49.3 Å². The zero-order valence-electron chi connectivity index (χ0n) is 29.3. The molecule has 0 saturated carbocycles. The highest BCUT2D eigenvalue weighted by Crippen LogP contribution is 2.61. The first-order chi connectivity index (χ1) is 24.4. The van der Waals surface area contributed by atoms with Crippen LogP contribution in [0.1, 0.15) is 56.7 Å². The summed E-state index contributed by atoms with van der Waals surface area (Å²) in [5.41, 5.74) is 0.587. The summed E-state index contributed by atoms with van der Waals surface area (Å²) in [6, 6.07) is 11.9. The van der Waals surface area contributed by atoms with Crippen LogP contribution in [0.25, 0.3) is 0 Å². The van der Waals surface area contributed by atoms with Crippen molar-refractivity contribution in [2.45, 2.75) is 81.1 Å². The lowest BCUT2D eigenvalue weighted by molar-refractivity contribution is -0.146. The molecule has 3 amide bonds. The van der Waals surface area contributed by atoms with Crippen LogP contribution < -0.4 is 10.2 Å². The standard InChI is InChI=1S/C39H47BrClN3O7/c1-6-8-17-30(46)50-22-29(25-14-10-9-11-15-25)42-36(47)31-32-37(48)44(26(21-45)19-23(3)4)35(39(32)20-27(40)34(31)51-39)38(49)43(18-7-2)33-24(5)13-12-16-28(33)41/h6-7,9-16,23,26-27,29,31-32,34-35,45H,1-2,8,17-22H2,3-5H3,(H,42,47)/t26-,27?,29+,31-,32+,34-,35-,39+/m1/s1. The van der Waals surface area contributed by atoms with E-state index in [-0.39, 0.29) is 43.3 Å². The number of hydrogen-bond donors (Lipinski definition) is 2. The molecule has 0 radical (unpaired) electrons. The fourth-order valence-electron chi connectivity index (χ4n) is 8.04. The van der Waals surface area contributed by atoms with Crippen molar-refractivity contribution in [3.63, 3.8) is 0 Å². The number of amides is 3. The molecule has 3 fully saturated rings. The number of likely N-dealkylation sites (tertiary alicyclic amines) is 1. The Morgan fingerprint density at radius 1 is 1.18 bits per heavy atom. The summed E-state index contributed by atoms with van der Waals surface area (Å²) in [5.74, 6) is -3.64. The molecule has 3 saturated heterocycles. The number of carbonyl (C=O) groups excluding carboxylic acids is 4. The Labute approximate surface area is 313 Å². The number of halogens is 2. The Balaban J connectivity index is 1.55. The van der Waals surface area contributed by atoms with Gasteiger partial charge in [0.2, 0.25) is 11.8 Å². The minimum Gasteiger partial charge on any atom is -0.463 e. The Bertz CT molecular complexity index is 1620. The lowest BCUT2D eigenvalue weighted by Gasteiger charge is -2.40. The van der Waals surface area contributed by atoms with E-state index in [9.17, 15) is 19.5 Å². The number of fused-ring (bicyclic) bond motifs is 1. The number of alkyl halides is 1. The molecule has 2 aromatic rings. The Morgan fingerprint density at radius 2 is 1.90 bits per heavy atom. The highest BCUT2D eigenvalue weighted by Gasteiger charge is 2.77. The van der Waals surface area contributed by atoms with Crippen LogP contribution in [0.3, 0.4) is 0 Å². The van der Waals surface area contributed by atoms with Crippen molar-refractivity contribution in [3.8, 4) is 0 Å². The summed E-state index contributed by atoms with van der Waals surface area (Å²) in [6.07, 6.45) is 3.84. The zero-order valence-corrected chi connectivity index (χ0v) is 31.6. The number of aryl methyl sites for hydroxylation is 1. The highest BCUT2D eigenvalue weighted by atomic mass is 79.9. The van der Waals surface area contributed by atoms with Crippen LogP contribution in [0.4, 0.5) is 5.69 Å². The van der Waals surface area contributed by atoms with Gasteiger partial charge in [0.15, 0.2) is 0 Å². The topological polar surface area (TPSA) is 125 Å². The molecule has 3 aliphatic heterocycles. The number of anilines is 1. The molecule has 3 heterocycles. The number of esters is 1. The van der Waals surface area contributed by atoms with E-state index in [2.05, 4.69) is 34.4 Å². The zero-order chi connectivity index (χ0) is 37.0. The number of para-hydroxylation sites is 1. The van der Waals surface area contributed by atoms with Crippen LogP contribution in [0, 0.1) is 24.7 Å². The molecule has 2 N–H and O–H groups in total. The lowest BCUT2D eigenvalue weighted by Crippen LogP contribution is -2.59. The van der Waals surface area contributed by atoms with E-state index in [1.165, 1.54) is 9.80 Å². The van der Waals surface area contributed by atoms with Crippen LogP contribution in [-0.4, -0.2) is 82.1 Å². The molecule has 10 nitrogen and oxygen atoms in total. The number of carbonyl (C=O) groups is 4. The van der Waals surface area contributed by atoms with Gasteiger partial charge in [-0.25, -0.2) is 0 Å². The average molecular weight is 785 g/mol. The number of aliphatic hydroxyl groups is 1. The number of allylic oxidation sites excluding steroid dienone is 1. The number of ether oxygens (including phenoxy) is 2. The maximum atomic E-state index is 15.1. The smallest absolute Gasteiger partial charge is 0.306 e. The molecule has 8 atom stereocenters. The second-order valence-corrected chi connectivity index (χ2v) is 15.6. The predicted octanol–water partition coefficient (Wildman–Crippen LogP) is 5.69. The van der Waals surface area contributed by atoms with E-state index < -0.39 is 65.4 Å². The maximum absolute atomic E-state index is 15.1. The second kappa shape index (κ2) is 16.4. The Hall–Kier alpha value is -3.51. The van der Waals surface area contributed by atoms with Gasteiger partial charge in [0.05, 0.1) is 47.3 Å². The number of aliphatic hydroxyl groups excluding tert-OH is 1. The van der Waals surface area contributed by atoms with Crippen LogP contribution in [-0.2, 0) is 28.7 Å². The molecular formula is C39H47BrClN3O7. The van der Waals surface area contributed by atoms with Crippen molar-refractivity contribution in [1.82, 2.24) is 10.2 Å². The Morgan fingerprint density at radius 3 is 2.53 bits per heavy atom. The molecule has 2 aromatic carbocycles. The monoisotopic (exact) mass is 783 g/mol. The van der Waals surface area contributed by atoms with Crippen molar-refractivity contribution >= 4 is 56.9 Å². The molecule has 12 heteroatoms. The number of nitrogens with zero attached hydrogens (tertiary/aromatic N) is 2. The van der Waals surface area contributed by atoms with Crippen molar-refractivity contribution < 1.29 is 33.8 Å². The summed E-state index contributed by atoms with van der Waals surface area (Å²) in [5, 5.41) is 14.1. The average Bonchev–Trinajstić information content (AvgIpc) is 3.70. The second-order valence-electron chi connectivity index (χ2n) is 14.0. The summed E-state index contributed by atoms with van der Waals surface area (Å²) in [6.45, 7) is 13.0. The van der Waals surface area contributed by atoms with E-state index in [0.29, 0.717) is 23.6 Å². The predicted molar refractivity (Wildman–Crippen MR) is 199 cm³/mol. The van der Waals surface area contributed by atoms with Gasteiger partial charge in [-0.3, -0.25) is 19.2 Å². The van der Waals surface area contributed by atoms with Crippen molar-refractivity contribution in [3.05, 3.63) is 90.0 Å². The minimum atomic E-state index is -1.38. The molecular weight excluding hydrogens is 738 g/mol. The Kier molecular flexibility index (Phi) is 12.5. The van der Waals surface area contributed by atoms with E-state index >= 15 is 4.79 Å². The van der Waals surface area contributed by atoms with Gasteiger partial charge in [0, 0.05) is 17.8 Å². The van der Waals surface area contributed by atoms with Gasteiger partial charge in [0.1, 0.15) is 18.2 Å². The summed E-state index contributed by atoms with van der Waals surface area (Å²) >= 11 is 10.4. The van der Waals surface area contributed by atoms with Gasteiger partial charge < -0.3 is 29.7 Å². The first-order valence-corrected chi connectivity index (χ1v) is 18.7. The molecule has 51 heavy (non-hydrogen) atoms. The largest absolute Gasteiger partial charge is 0.463 e. The number of nitrogens with one attached hydrogen (secondary N) is 1. The third-order valence-corrected chi connectivity index (χ3v) is 11.3. The van der Waals surface area contributed by atoms with E-state index in [1.54, 1.807) is 24.3 Å². The van der Waals surface area contributed by atoms with Gasteiger partial charge in [0.25, 0.3) is 5.91 Å². The van der Waals surface area contributed by atoms with Gasteiger partial charge in [-0.1, -0.05) is 96.0 Å². The summed E-state index contributed by atoms with van der Waals surface area (Å²) in [4.78, 5) is 59.5. The minimum absolute atomic E-state index is 0.0832. The summed E-state index contributed by atoms with van der Waals surface area (Å²) < 4.78 is 12.3. The number of benzene rings is 2. The van der Waals surface area contributed by atoms with Gasteiger partial charge in [-0.15, -0.1) is 13.2 Å². The molecule has 1 spiro atoms. The molecule has 0 aromatic heterocycles. The molecule has 2 bridgehead atoms. The molecule has 3 aliphatic rings. The molecule has 0 aliphatic carbocycles. The van der Waals surface area contributed by atoms with Crippen LogP contribution in [0.2, 0.25) is 5.02 Å². The third-order valence-electron chi connectivity index (χ3n) is 10.1. The van der Waals surface area contributed by atoms with Gasteiger partial charge in [-0.2, -0.15) is 0 Å². The SMILES string of the molecule is C=CCCC(=O)OC[C@H](NC(=O)[C@H]1[C@@H]2O[C@@]3(CC2Br)[C@@H]1C(=O)N([C@@H](CO)CC(C)C)[C@@H]3C(=O)N(CC=C)c1c(C)cccc1Cl)c1ccccc1. The van der Waals surface area contributed by atoms with Crippen molar-refractivity contribution in [1.29, 1.82) is 0 Å². The van der Waals surface area contributed by atoms with Crippen LogP contribution in [0.15, 0.2) is 73.8 Å². The van der Waals surface area contributed by atoms with Crippen molar-refractivity contribution in [2.24, 2.45) is 17.8 Å². The van der Waals surface area contributed by atoms with Gasteiger partial charge >= 0.3 is 5.97 Å².